The zero-order valence-electron chi connectivity index (χ0n) is 12.2. The van der Waals surface area contributed by atoms with Crippen LogP contribution in [0.25, 0.3) is 16.2 Å². The summed E-state index contributed by atoms with van der Waals surface area (Å²) in [6.45, 7) is 2.18. The van der Waals surface area contributed by atoms with Crippen LogP contribution in [0.1, 0.15) is 28.0 Å². The van der Waals surface area contributed by atoms with Crippen molar-refractivity contribution < 1.29 is 0 Å². The standard InChI is InChI=1S/C20H18S/c1-14-7-9-19-17(11-14)18-13-16(8-10-20(18)21-19)12-15-5-3-2-4-6-15/h2-7,9,11,13H,8,10,12H2,1H3. The van der Waals surface area contributed by atoms with Crippen molar-refractivity contribution >= 4 is 27.5 Å². The highest BCUT2D eigenvalue weighted by Crippen LogP contribution is 2.38. The zero-order valence-corrected chi connectivity index (χ0v) is 13.0. The van der Waals surface area contributed by atoms with E-state index in [0.29, 0.717) is 0 Å². The van der Waals surface area contributed by atoms with Crippen molar-refractivity contribution in [3.05, 3.63) is 75.7 Å². The molecule has 4 rings (SSSR count). The lowest BCUT2D eigenvalue weighted by Crippen LogP contribution is -1.99. The van der Waals surface area contributed by atoms with Gasteiger partial charge in [-0.25, -0.2) is 0 Å². The summed E-state index contributed by atoms with van der Waals surface area (Å²) in [6, 6.07) is 17.6. The second-order valence-corrected chi connectivity index (χ2v) is 7.04. The Kier molecular flexibility index (Phi) is 3.16. The Hall–Kier alpha value is -1.86. The first-order valence-electron chi connectivity index (χ1n) is 7.55. The highest BCUT2D eigenvalue weighted by Gasteiger charge is 2.16. The smallest absolute Gasteiger partial charge is 0.0352 e. The van der Waals surface area contributed by atoms with Gasteiger partial charge in [0.15, 0.2) is 0 Å². The maximum Gasteiger partial charge on any atom is 0.0352 e. The average molecular weight is 290 g/mol. The van der Waals surface area contributed by atoms with E-state index < -0.39 is 0 Å². The molecule has 0 bridgehead atoms. The lowest BCUT2D eigenvalue weighted by atomic mass is 9.92. The number of thiophene rings is 1. The Morgan fingerprint density at radius 2 is 1.86 bits per heavy atom. The predicted octanol–water partition coefficient (Wildman–Crippen LogP) is 5.78. The van der Waals surface area contributed by atoms with Crippen molar-refractivity contribution in [3.8, 4) is 0 Å². The fourth-order valence-electron chi connectivity index (χ4n) is 3.17. The van der Waals surface area contributed by atoms with Crippen LogP contribution in [0.2, 0.25) is 0 Å². The first kappa shape index (κ1) is 12.8. The van der Waals surface area contributed by atoms with Gasteiger partial charge >= 0.3 is 0 Å². The molecular weight excluding hydrogens is 272 g/mol. The van der Waals surface area contributed by atoms with E-state index in [-0.39, 0.29) is 0 Å². The molecule has 0 spiro atoms. The molecule has 1 aromatic heterocycles. The molecule has 1 heterocycles. The number of allylic oxidation sites excluding steroid dienone is 1. The van der Waals surface area contributed by atoms with Gasteiger partial charge in [0.25, 0.3) is 0 Å². The molecule has 0 aliphatic heterocycles. The molecule has 3 aromatic rings. The SMILES string of the molecule is Cc1ccc2sc3c(c2c1)C=C(Cc1ccccc1)CC3. The van der Waals surface area contributed by atoms with Crippen molar-refractivity contribution in [2.45, 2.75) is 26.2 Å². The van der Waals surface area contributed by atoms with Crippen molar-refractivity contribution in [2.75, 3.05) is 0 Å². The van der Waals surface area contributed by atoms with E-state index >= 15 is 0 Å². The van der Waals surface area contributed by atoms with Gasteiger partial charge in [0.05, 0.1) is 0 Å². The molecule has 0 radical (unpaired) electrons. The van der Waals surface area contributed by atoms with Crippen LogP contribution in [0.15, 0.2) is 54.1 Å². The normalized spacial score (nSPS) is 14.0. The van der Waals surface area contributed by atoms with Gasteiger partial charge < -0.3 is 0 Å². The molecule has 0 saturated heterocycles. The van der Waals surface area contributed by atoms with E-state index in [0.717, 1.165) is 6.42 Å². The summed E-state index contributed by atoms with van der Waals surface area (Å²) < 4.78 is 1.43. The largest absolute Gasteiger partial charge is 0.140 e. The molecule has 1 aliphatic rings. The molecule has 1 heteroatoms. The summed E-state index contributed by atoms with van der Waals surface area (Å²) in [6.07, 6.45) is 5.94. The van der Waals surface area contributed by atoms with Crippen LogP contribution >= 0.6 is 11.3 Å². The third-order valence-electron chi connectivity index (χ3n) is 4.25. The number of hydrogen-bond acceptors (Lipinski definition) is 1. The molecule has 21 heavy (non-hydrogen) atoms. The first-order valence-corrected chi connectivity index (χ1v) is 8.37. The molecule has 0 saturated carbocycles. The van der Waals surface area contributed by atoms with Crippen molar-refractivity contribution in [2.24, 2.45) is 0 Å². The highest BCUT2D eigenvalue weighted by atomic mass is 32.1. The van der Waals surface area contributed by atoms with Gasteiger partial charge in [-0.3, -0.25) is 0 Å². The molecule has 0 unspecified atom stereocenters. The molecule has 0 nitrogen and oxygen atoms in total. The lowest BCUT2D eigenvalue weighted by molar-refractivity contribution is 0.905. The Morgan fingerprint density at radius 3 is 2.71 bits per heavy atom. The third-order valence-corrected chi connectivity index (χ3v) is 5.50. The van der Waals surface area contributed by atoms with Crippen molar-refractivity contribution in [1.29, 1.82) is 0 Å². The maximum absolute atomic E-state index is 2.45. The Bertz CT molecular complexity index is 822. The van der Waals surface area contributed by atoms with E-state index in [2.05, 4.69) is 61.5 Å². The van der Waals surface area contributed by atoms with Gasteiger partial charge in [0.2, 0.25) is 0 Å². The monoisotopic (exact) mass is 290 g/mol. The molecule has 2 aromatic carbocycles. The van der Waals surface area contributed by atoms with E-state index in [4.69, 9.17) is 0 Å². The summed E-state index contributed by atoms with van der Waals surface area (Å²) in [7, 11) is 0. The van der Waals surface area contributed by atoms with Gasteiger partial charge in [-0.1, -0.05) is 53.6 Å². The van der Waals surface area contributed by atoms with Crippen LogP contribution in [0.3, 0.4) is 0 Å². The second-order valence-electron chi connectivity index (χ2n) is 5.90. The van der Waals surface area contributed by atoms with E-state index in [9.17, 15) is 0 Å². The first-order chi connectivity index (χ1) is 10.3. The topological polar surface area (TPSA) is 0 Å². The Labute approximate surface area is 129 Å². The van der Waals surface area contributed by atoms with Crippen molar-refractivity contribution in [3.63, 3.8) is 0 Å². The molecule has 0 amide bonds. The quantitative estimate of drug-likeness (QED) is 0.561. The zero-order chi connectivity index (χ0) is 14.2. The van der Waals surface area contributed by atoms with E-state index in [1.165, 1.54) is 39.6 Å². The van der Waals surface area contributed by atoms with E-state index in [1.807, 2.05) is 11.3 Å². The van der Waals surface area contributed by atoms with Crippen LogP contribution in [-0.4, -0.2) is 0 Å². The number of benzene rings is 2. The second kappa shape index (κ2) is 5.16. The van der Waals surface area contributed by atoms with Crippen LogP contribution in [0.5, 0.6) is 0 Å². The van der Waals surface area contributed by atoms with Crippen LogP contribution in [0, 0.1) is 6.92 Å². The molecule has 0 N–H and O–H groups in total. The fraction of sp³-hybridized carbons (Fsp3) is 0.200. The van der Waals surface area contributed by atoms with Gasteiger partial charge in [-0.2, -0.15) is 0 Å². The number of rotatable bonds is 2. The minimum Gasteiger partial charge on any atom is -0.140 e. The van der Waals surface area contributed by atoms with Crippen LogP contribution in [-0.2, 0) is 12.8 Å². The summed E-state index contributed by atoms with van der Waals surface area (Å²) in [5, 5.41) is 1.44. The van der Waals surface area contributed by atoms with Gasteiger partial charge in [0.1, 0.15) is 0 Å². The fourth-order valence-corrected chi connectivity index (χ4v) is 4.34. The minimum absolute atomic E-state index is 1.09. The van der Waals surface area contributed by atoms with Crippen LogP contribution < -0.4 is 0 Å². The summed E-state index contributed by atoms with van der Waals surface area (Å²) in [4.78, 5) is 1.56. The molecule has 0 fully saturated rings. The average Bonchev–Trinajstić information content (AvgIpc) is 2.86. The summed E-state index contributed by atoms with van der Waals surface area (Å²) in [5.74, 6) is 0. The molecule has 0 atom stereocenters. The molecular formula is C20H18S. The van der Waals surface area contributed by atoms with Crippen LogP contribution in [0.4, 0.5) is 0 Å². The van der Waals surface area contributed by atoms with Gasteiger partial charge in [-0.15, -0.1) is 11.3 Å². The molecule has 104 valence electrons. The predicted molar refractivity (Wildman–Crippen MR) is 93.0 cm³/mol. The summed E-state index contributed by atoms with van der Waals surface area (Å²) in [5.41, 5.74) is 5.82. The third kappa shape index (κ3) is 2.43. The number of fused-ring (bicyclic) bond motifs is 3. The number of hydrogen-bond donors (Lipinski definition) is 0. The van der Waals surface area contributed by atoms with Gasteiger partial charge in [0, 0.05) is 15.0 Å². The number of aryl methyl sites for hydroxylation is 2. The highest BCUT2D eigenvalue weighted by molar-refractivity contribution is 7.19. The van der Waals surface area contributed by atoms with Gasteiger partial charge in [-0.05, 0) is 49.4 Å². The summed E-state index contributed by atoms with van der Waals surface area (Å²) >= 11 is 1.97. The maximum atomic E-state index is 2.45. The lowest BCUT2D eigenvalue weighted by Gasteiger charge is -2.13. The van der Waals surface area contributed by atoms with Crippen molar-refractivity contribution in [1.82, 2.24) is 0 Å². The Morgan fingerprint density at radius 1 is 1.00 bits per heavy atom. The Balaban J connectivity index is 1.75. The van der Waals surface area contributed by atoms with E-state index in [1.54, 1.807) is 10.5 Å². The minimum atomic E-state index is 1.09. The molecule has 1 aliphatic carbocycles.